The van der Waals surface area contributed by atoms with E-state index < -0.39 is 10.8 Å². The summed E-state index contributed by atoms with van der Waals surface area (Å²) in [7, 11) is 0. The van der Waals surface area contributed by atoms with Crippen LogP contribution in [0.15, 0.2) is 0 Å². The lowest BCUT2D eigenvalue weighted by atomic mass is 10.1. The summed E-state index contributed by atoms with van der Waals surface area (Å²) in [4.78, 5) is 8.98. The van der Waals surface area contributed by atoms with E-state index in [1.807, 2.05) is 0 Å². The summed E-state index contributed by atoms with van der Waals surface area (Å²) in [6.07, 6.45) is 4.27. The average molecular weight is 191 g/mol. The summed E-state index contributed by atoms with van der Waals surface area (Å²) in [6.45, 7) is 2.07. The molecule has 0 aromatic heterocycles. The molecule has 5 nitrogen and oxygen atoms in total. The van der Waals surface area contributed by atoms with Gasteiger partial charge in [0.1, 0.15) is 0 Å². The van der Waals surface area contributed by atoms with E-state index in [2.05, 4.69) is 6.92 Å². The third-order valence-electron chi connectivity index (χ3n) is 1.91. The molecule has 0 amide bonds. The first kappa shape index (κ1) is 12.3. The number of unbranched alkanes of at least 4 members (excludes halogenated alkanes) is 4. The SMILES string of the molecule is CCCCCCCC(O)(O)[N+](=O)[O-]. The molecule has 0 saturated heterocycles. The summed E-state index contributed by atoms with van der Waals surface area (Å²) in [5.41, 5.74) is 0. The Bertz CT molecular complexity index is 158. The Balaban J connectivity index is 3.46. The van der Waals surface area contributed by atoms with Crippen molar-refractivity contribution in [3.05, 3.63) is 10.1 Å². The van der Waals surface area contributed by atoms with E-state index in [0.29, 0.717) is 6.42 Å². The second kappa shape index (κ2) is 5.88. The third kappa shape index (κ3) is 5.54. The predicted octanol–water partition coefficient (Wildman–Crippen LogP) is 1.26. The van der Waals surface area contributed by atoms with E-state index in [9.17, 15) is 10.1 Å². The maximum Gasteiger partial charge on any atom is 0.437 e. The van der Waals surface area contributed by atoms with Crippen molar-refractivity contribution in [2.45, 2.75) is 51.4 Å². The minimum absolute atomic E-state index is 0.191. The smallest absolute Gasteiger partial charge is 0.307 e. The average Bonchev–Trinajstić information content (AvgIpc) is 2.03. The van der Waals surface area contributed by atoms with Crippen LogP contribution in [-0.2, 0) is 0 Å². The Kier molecular flexibility index (Phi) is 5.57. The molecule has 0 spiro atoms. The van der Waals surface area contributed by atoms with Crippen LogP contribution >= 0.6 is 0 Å². The van der Waals surface area contributed by atoms with Crippen LogP contribution < -0.4 is 0 Å². The fourth-order valence-electron chi connectivity index (χ4n) is 1.06. The summed E-state index contributed by atoms with van der Waals surface area (Å²) < 4.78 is 0. The number of rotatable bonds is 7. The van der Waals surface area contributed by atoms with Crippen molar-refractivity contribution in [3.8, 4) is 0 Å². The van der Waals surface area contributed by atoms with Gasteiger partial charge in [0.25, 0.3) is 0 Å². The quantitative estimate of drug-likeness (QED) is 0.274. The lowest BCUT2D eigenvalue weighted by molar-refractivity contribution is -0.684. The Hall–Kier alpha value is -0.680. The zero-order valence-electron chi connectivity index (χ0n) is 7.90. The van der Waals surface area contributed by atoms with E-state index in [-0.39, 0.29) is 6.42 Å². The molecule has 0 heterocycles. The molecule has 0 aliphatic carbocycles. The molecular weight excluding hydrogens is 174 g/mol. The zero-order valence-corrected chi connectivity index (χ0v) is 7.90. The first-order valence-corrected chi connectivity index (χ1v) is 4.60. The molecule has 78 valence electrons. The molecule has 0 atom stereocenters. The van der Waals surface area contributed by atoms with Gasteiger partial charge in [-0.15, -0.1) is 0 Å². The summed E-state index contributed by atoms with van der Waals surface area (Å²) in [5.74, 6) is -2.73. The van der Waals surface area contributed by atoms with E-state index in [0.717, 1.165) is 25.7 Å². The van der Waals surface area contributed by atoms with Gasteiger partial charge in [0.05, 0.1) is 11.3 Å². The molecule has 5 heteroatoms. The summed E-state index contributed by atoms with van der Waals surface area (Å²) in [6, 6.07) is 0. The highest BCUT2D eigenvalue weighted by molar-refractivity contribution is 4.51. The fraction of sp³-hybridized carbons (Fsp3) is 1.00. The number of nitrogens with zero attached hydrogens (tertiary/aromatic N) is 1. The van der Waals surface area contributed by atoms with Crippen molar-refractivity contribution in [2.24, 2.45) is 0 Å². The fourth-order valence-corrected chi connectivity index (χ4v) is 1.06. The molecule has 0 aromatic carbocycles. The van der Waals surface area contributed by atoms with Gasteiger partial charge in [-0.1, -0.05) is 32.6 Å². The lowest BCUT2D eigenvalue weighted by Gasteiger charge is -2.11. The molecule has 0 bridgehead atoms. The van der Waals surface area contributed by atoms with Crippen LogP contribution in [0.2, 0.25) is 0 Å². The van der Waals surface area contributed by atoms with Crippen LogP contribution in [0.1, 0.15) is 45.4 Å². The number of hydrogen-bond acceptors (Lipinski definition) is 4. The van der Waals surface area contributed by atoms with E-state index in [1.54, 1.807) is 0 Å². The van der Waals surface area contributed by atoms with Gasteiger partial charge in [0, 0.05) is 0 Å². The predicted molar refractivity (Wildman–Crippen MR) is 47.5 cm³/mol. The van der Waals surface area contributed by atoms with Gasteiger partial charge >= 0.3 is 5.91 Å². The third-order valence-corrected chi connectivity index (χ3v) is 1.91. The van der Waals surface area contributed by atoms with Crippen molar-refractivity contribution < 1.29 is 15.1 Å². The molecule has 0 aromatic rings. The topological polar surface area (TPSA) is 83.6 Å². The van der Waals surface area contributed by atoms with Crippen molar-refractivity contribution in [2.75, 3.05) is 0 Å². The molecule has 0 aliphatic rings. The standard InChI is InChI=1S/C8H17NO4/c1-2-3-4-5-6-7-8(10,11)9(12)13/h10-11H,2-7H2,1H3. The maximum atomic E-state index is 10.0. The monoisotopic (exact) mass is 191 g/mol. The molecule has 0 aliphatic heterocycles. The van der Waals surface area contributed by atoms with Gasteiger partial charge in [0.15, 0.2) is 0 Å². The summed E-state index contributed by atoms with van der Waals surface area (Å²) in [5, 5.41) is 27.7. The van der Waals surface area contributed by atoms with Gasteiger partial charge < -0.3 is 10.2 Å². The van der Waals surface area contributed by atoms with Gasteiger partial charge in [-0.05, 0) is 6.42 Å². The zero-order chi connectivity index (χ0) is 10.3. The first-order chi connectivity index (χ1) is 6.00. The van der Waals surface area contributed by atoms with E-state index >= 15 is 0 Å². The molecule has 0 saturated carbocycles. The number of hydrogen-bond donors (Lipinski definition) is 2. The Morgan fingerprint density at radius 3 is 2.23 bits per heavy atom. The van der Waals surface area contributed by atoms with Crippen molar-refractivity contribution in [1.82, 2.24) is 0 Å². The van der Waals surface area contributed by atoms with Crippen LogP contribution in [0.25, 0.3) is 0 Å². The first-order valence-electron chi connectivity index (χ1n) is 4.60. The van der Waals surface area contributed by atoms with Crippen molar-refractivity contribution >= 4 is 0 Å². The molecule has 0 fully saturated rings. The second-order valence-corrected chi connectivity index (χ2v) is 3.20. The molecule has 2 N–H and O–H groups in total. The highest BCUT2D eigenvalue weighted by Crippen LogP contribution is 2.13. The molecule has 0 unspecified atom stereocenters. The maximum absolute atomic E-state index is 10.0. The van der Waals surface area contributed by atoms with E-state index in [4.69, 9.17) is 10.2 Å². The Morgan fingerprint density at radius 1 is 1.23 bits per heavy atom. The molecular formula is C8H17NO4. The van der Waals surface area contributed by atoms with Gasteiger partial charge in [-0.2, -0.15) is 0 Å². The molecule has 0 rings (SSSR count). The second-order valence-electron chi connectivity index (χ2n) is 3.20. The van der Waals surface area contributed by atoms with Gasteiger partial charge in [-0.3, -0.25) is 10.1 Å². The summed E-state index contributed by atoms with van der Waals surface area (Å²) >= 11 is 0. The number of aliphatic hydroxyl groups is 2. The van der Waals surface area contributed by atoms with E-state index in [1.165, 1.54) is 0 Å². The van der Waals surface area contributed by atoms with Crippen LogP contribution in [0, 0.1) is 10.1 Å². The van der Waals surface area contributed by atoms with Crippen molar-refractivity contribution in [1.29, 1.82) is 0 Å². The minimum atomic E-state index is -2.73. The minimum Gasteiger partial charge on any atom is -0.307 e. The molecule has 0 radical (unpaired) electrons. The number of nitro groups is 1. The normalized spacial score (nSPS) is 11.6. The van der Waals surface area contributed by atoms with Crippen LogP contribution in [0.4, 0.5) is 0 Å². The Morgan fingerprint density at radius 2 is 1.77 bits per heavy atom. The van der Waals surface area contributed by atoms with Gasteiger partial charge in [0.2, 0.25) is 0 Å². The molecule has 13 heavy (non-hydrogen) atoms. The van der Waals surface area contributed by atoms with Gasteiger partial charge in [-0.25, -0.2) is 0 Å². The largest absolute Gasteiger partial charge is 0.437 e. The van der Waals surface area contributed by atoms with Crippen LogP contribution in [0.3, 0.4) is 0 Å². The van der Waals surface area contributed by atoms with Crippen LogP contribution in [0.5, 0.6) is 0 Å². The lowest BCUT2D eigenvalue weighted by Crippen LogP contribution is -2.37. The highest BCUT2D eigenvalue weighted by Gasteiger charge is 2.36. The highest BCUT2D eigenvalue weighted by atomic mass is 16.7. The van der Waals surface area contributed by atoms with Crippen LogP contribution in [-0.4, -0.2) is 21.0 Å². The van der Waals surface area contributed by atoms with Crippen molar-refractivity contribution in [3.63, 3.8) is 0 Å². The Labute approximate surface area is 77.5 Å².